The SMILES string of the molecule is FC(F)(F)C(F)(F)c1cs[c]n1. The van der Waals surface area contributed by atoms with E-state index in [-0.39, 0.29) is 0 Å². The topological polar surface area (TPSA) is 12.9 Å². The molecule has 1 aromatic rings. The molecule has 0 atom stereocenters. The van der Waals surface area contributed by atoms with Crippen molar-refractivity contribution >= 4 is 11.3 Å². The van der Waals surface area contributed by atoms with Gasteiger partial charge in [0, 0.05) is 5.38 Å². The lowest BCUT2D eigenvalue weighted by Crippen LogP contribution is -2.33. The molecule has 0 N–H and O–H groups in total. The summed E-state index contributed by atoms with van der Waals surface area (Å²) in [6.07, 6.45) is -5.59. The average molecular weight is 202 g/mol. The fraction of sp³-hybridized carbons (Fsp3) is 0.400. The summed E-state index contributed by atoms with van der Waals surface area (Å²) in [4.78, 5) is 2.78. The first-order valence-corrected chi connectivity index (χ1v) is 3.50. The predicted octanol–water partition coefficient (Wildman–Crippen LogP) is 2.60. The van der Waals surface area contributed by atoms with Crippen molar-refractivity contribution in [2.24, 2.45) is 0 Å². The summed E-state index contributed by atoms with van der Waals surface area (Å²) in [5, 5.41) is 0.619. The molecule has 0 amide bonds. The molecule has 0 aromatic carbocycles. The van der Waals surface area contributed by atoms with Crippen molar-refractivity contribution in [3.8, 4) is 0 Å². The van der Waals surface area contributed by atoms with Crippen molar-refractivity contribution in [3.63, 3.8) is 0 Å². The van der Waals surface area contributed by atoms with Crippen molar-refractivity contribution in [2.75, 3.05) is 0 Å². The molecular formula is C5HF5NS. The first kappa shape index (κ1) is 9.37. The minimum atomic E-state index is -5.59. The summed E-state index contributed by atoms with van der Waals surface area (Å²) < 4.78 is 59.4. The molecule has 12 heavy (non-hydrogen) atoms. The lowest BCUT2D eigenvalue weighted by Gasteiger charge is -2.16. The largest absolute Gasteiger partial charge is 0.459 e. The van der Waals surface area contributed by atoms with E-state index < -0.39 is 17.8 Å². The molecule has 0 saturated carbocycles. The molecule has 0 spiro atoms. The molecule has 1 nitrogen and oxygen atoms in total. The van der Waals surface area contributed by atoms with Crippen LogP contribution in [0.15, 0.2) is 5.38 Å². The first-order valence-electron chi connectivity index (χ1n) is 2.62. The second-order valence-electron chi connectivity index (χ2n) is 1.90. The van der Waals surface area contributed by atoms with Crippen LogP contribution in [0.3, 0.4) is 0 Å². The Bertz CT molecular complexity index is 251. The standard InChI is InChI=1S/C5HF5NS/c6-4(7,5(8,9)10)3-1-12-2-11-3/h1H. The van der Waals surface area contributed by atoms with Crippen LogP contribution in [0.25, 0.3) is 0 Å². The third kappa shape index (κ3) is 1.40. The average Bonchev–Trinajstić information content (AvgIpc) is 2.34. The third-order valence-corrected chi connectivity index (χ3v) is 1.60. The predicted molar refractivity (Wildman–Crippen MR) is 30.9 cm³/mol. The highest BCUT2D eigenvalue weighted by Gasteiger charge is 2.60. The summed E-state index contributed by atoms with van der Waals surface area (Å²) in [7, 11) is 0. The zero-order valence-electron chi connectivity index (χ0n) is 5.32. The van der Waals surface area contributed by atoms with E-state index in [9.17, 15) is 22.0 Å². The molecule has 0 aliphatic heterocycles. The van der Waals surface area contributed by atoms with Gasteiger partial charge in [0.25, 0.3) is 0 Å². The molecule has 0 saturated heterocycles. The van der Waals surface area contributed by atoms with Gasteiger partial charge in [-0.15, -0.1) is 11.3 Å². The molecule has 0 aliphatic rings. The Morgan fingerprint density at radius 3 is 2.17 bits per heavy atom. The number of thiazole rings is 1. The van der Waals surface area contributed by atoms with Gasteiger partial charge in [-0.1, -0.05) is 0 Å². The third-order valence-electron chi connectivity index (χ3n) is 1.07. The zero-order chi connectivity index (χ0) is 9.41. The lowest BCUT2D eigenvalue weighted by molar-refractivity contribution is -0.290. The van der Waals surface area contributed by atoms with Crippen LogP contribution in [0.2, 0.25) is 0 Å². The van der Waals surface area contributed by atoms with Crippen molar-refractivity contribution < 1.29 is 22.0 Å². The molecule has 7 heteroatoms. The molecule has 0 bridgehead atoms. The fourth-order valence-corrected chi connectivity index (χ4v) is 0.990. The molecule has 67 valence electrons. The van der Waals surface area contributed by atoms with Crippen LogP contribution in [-0.4, -0.2) is 11.2 Å². The first-order chi connectivity index (χ1) is 5.36. The van der Waals surface area contributed by atoms with E-state index in [2.05, 4.69) is 4.98 Å². The van der Waals surface area contributed by atoms with Gasteiger partial charge in [0.2, 0.25) is 0 Å². The van der Waals surface area contributed by atoms with E-state index in [0.717, 1.165) is 0 Å². The van der Waals surface area contributed by atoms with Crippen LogP contribution in [0.5, 0.6) is 0 Å². The van der Waals surface area contributed by atoms with Gasteiger partial charge < -0.3 is 0 Å². The van der Waals surface area contributed by atoms with Crippen molar-refractivity contribution in [3.05, 3.63) is 16.6 Å². The summed E-state index contributed by atoms with van der Waals surface area (Å²) in [6.45, 7) is 0. The summed E-state index contributed by atoms with van der Waals surface area (Å²) in [5.41, 5.74) is 0.614. The highest BCUT2D eigenvalue weighted by Crippen LogP contribution is 2.43. The van der Waals surface area contributed by atoms with Gasteiger partial charge in [-0.05, 0) is 0 Å². The maximum atomic E-state index is 12.3. The van der Waals surface area contributed by atoms with E-state index in [0.29, 0.717) is 16.7 Å². The van der Waals surface area contributed by atoms with Gasteiger partial charge in [0.05, 0.1) is 0 Å². The summed E-state index contributed by atoms with van der Waals surface area (Å²) >= 11 is 0.566. The van der Waals surface area contributed by atoms with Crippen LogP contribution >= 0.6 is 11.3 Å². The summed E-state index contributed by atoms with van der Waals surface area (Å²) in [6, 6.07) is 0. The van der Waals surface area contributed by atoms with Gasteiger partial charge >= 0.3 is 12.1 Å². The van der Waals surface area contributed by atoms with E-state index in [1.54, 1.807) is 0 Å². The number of alkyl halides is 5. The highest BCUT2D eigenvalue weighted by atomic mass is 32.1. The van der Waals surface area contributed by atoms with Crippen molar-refractivity contribution in [2.45, 2.75) is 12.1 Å². The second-order valence-corrected chi connectivity index (χ2v) is 2.55. The zero-order valence-corrected chi connectivity index (χ0v) is 6.14. The molecular weight excluding hydrogens is 201 g/mol. The monoisotopic (exact) mass is 202 g/mol. The second kappa shape index (κ2) is 2.65. The Labute approximate surface area is 67.8 Å². The molecule has 1 aromatic heterocycles. The van der Waals surface area contributed by atoms with Crippen LogP contribution in [0.1, 0.15) is 5.69 Å². The number of rotatable bonds is 1. The van der Waals surface area contributed by atoms with Crippen LogP contribution < -0.4 is 0 Å². The Balaban J connectivity index is 3.02. The van der Waals surface area contributed by atoms with Gasteiger partial charge in [-0.2, -0.15) is 22.0 Å². The van der Waals surface area contributed by atoms with Crippen LogP contribution in [-0.2, 0) is 5.92 Å². The number of hydrogen-bond acceptors (Lipinski definition) is 2. The fourth-order valence-electron chi connectivity index (χ4n) is 0.473. The summed E-state index contributed by atoms with van der Waals surface area (Å²) in [5.74, 6) is -4.87. The van der Waals surface area contributed by atoms with E-state index in [1.165, 1.54) is 0 Å². The Morgan fingerprint density at radius 1 is 1.25 bits per heavy atom. The molecule has 0 fully saturated rings. The van der Waals surface area contributed by atoms with Crippen LogP contribution in [0, 0.1) is 5.51 Å². The van der Waals surface area contributed by atoms with Gasteiger partial charge in [0.15, 0.2) is 5.51 Å². The van der Waals surface area contributed by atoms with Crippen LogP contribution in [0.4, 0.5) is 22.0 Å². The van der Waals surface area contributed by atoms with Gasteiger partial charge in [-0.25, -0.2) is 4.98 Å². The molecule has 1 rings (SSSR count). The quantitative estimate of drug-likeness (QED) is 0.638. The van der Waals surface area contributed by atoms with E-state index >= 15 is 0 Å². The van der Waals surface area contributed by atoms with Crippen molar-refractivity contribution in [1.82, 2.24) is 4.98 Å². The minimum Gasteiger partial charge on any atom is -0.232 e. The van der Waals surface area contributed by atoms with E-state index in [1.807, 2.05) is 5.51 Å². The smallest absolute Gasteiger partial charge is 0.232 e. The Hall–Kier alpha value is -0.720. The minimum absolute atomic E-state index is 0.566. The molecule has 0 aliphatic carbocycles. The highest BCUT2D eigenvalue weighted by molar-refractivity contribution is 7.07. The number of aromatic nitrogens is 1. The Kier molecular flexibility index (Phi) is 2.07. The molecule has 0 unspecified atom stereocenters. The molecule has 1 radical (unpaired) electrons. The molecule has 1 heterocycles. The van der Waals surface area contributed by atoms with E-state index in [4.69, 9.17) is 0 Å². The maximum Gasteiger partial charge on any atom is 0.459 e. The maximum absolute atomic E-state index is 12.3. The number of hydrogen-bond donors (Lipinski definition) is 0. The van der Waals surface area contributed by atoms with Gasteiger partial charge in [0.1, 0.15) is 5.69 Å². The normalized spacial score (nSPS) is 13.4. The Morgan fingerprint density at radius 2 is 1.83 bits per heavy atom. The number of halogens is 5. The number of nitrogens with zero attached hydrogens (tertiary/aromatic N) is 1. The van der Waals surface area contributed by atoms with Gasteiger partial charge in [-0.3, -0.25) is 0 Å². The van der Waals surface area contributed by atoms with Crippen molar-refractivity contribution in [1.29, 1.82) is 0 Å². The lowest BCUT2D eigenvalue weighted by atomic mass is 10.2.